The average molecular weight is 418 g/mol. The van der Waals surface area contributed by atoms with Crippen LogP contribution < -0.4 is 14.8 Å². The van der Waals surface area contributed by atoms with E-state index in [1.165, 1.54) is 6.08 Å². The topological polar surface area (TPSA) is 73.9 Å². The summed E-state index contributed by atoms with van der Waals surface area (Å²) < 4.78 is 15.9. The fourth-order valence-electron chi connectivity index (χ4n) is 2.34. The third kappa shape index (κ3) is 7.87. The average Bonchev–Trinajstić information content (AvgIpc) is 2.70. The van der Waals surface area contributed by atoms with Crippen LogP contribution in [-0.2, 0) is 20.9 Å². The second-order valence-electron chi connectivity index (χ2n) is 6.42. The Balaban J connectivity index is 1.81. The number of esters is 1. The van der Waals surface area contributed by atoms with Crippen LogP contribution in [0.5, 0.6) is 11.5 Å². The summed E-state index contributed by atoms with van der Waals surface area (Å²) in [5.41, 5.74) is 1.63. The van der Waals surface area contributed by atoms with Gasteiger partial charge in [0, 0.05) is 17.6 Å². The Kier molecular flexibility index (Phi) is 8.55. The first-order valence-corrected chi connectivity index (χ1v) is 9.46. The number of amides is 1. The largest absolute Gasteiger partial charge is 0.493 e. The van der Waals surface area contributed by atoms with E-state index >= 15 is 0 Å². The van der Waals surface area contributed by atoms with E-state index in [2.05, 4.69) is 5.32 Å². The van der Waals surface area contributed by atoms with Gasteiger partial charge in [-0.3, -0.25) is 4.79 Å². The Bertz CT molecular complexity index is 862. The van der Waals surface area contributed by atoms with Gasteiger partial charge in [-0.05, 0) is 55.3 Å². The molecule has 0 radical (unpaired) electrons. The van der Waals surface area contributed by atoms with Gasteiger partial charge in [-0.15, -0.1) is 0 Å². The highest BCUT2D eigenvalue weighted by Gasteiger charge is 2.08. The second kappa shape index (κ2) is 11.1. The van der Waals surface area contributed by atoms with Crippen molar-refractivity contribution in [1.82, 2.24) is 5.32 Å². The van der Waals surface area contributed by atoms with Crippen LogP contribution in [0.25, 0.3) is 6.08 Å². The fourth-order valence-corrected chi connectivity index (χ4v) is 2.47. The maximum atomic E-state index is 11.8. The summed E-state index contributed by atoms with van der Waals surface area (Å²) in [5, 5.41) is 3.30. The molecule has 0 unspecified atom stereocenters. The Morgan fingerprint density at radius 2 is 1.83 bits per heavy atom. The lowest BCUT2D eigenvalue weighted by molar-refractivity contribution is -0.143. The summed E-state index contributed by atoms with van der Waals surface area (Å²) in [6, 6.07) is 12.4. The molecule has 0 fully saturated rings. The van der Waals surface area contributed by atoms with Crippen LogP contribution in [0.1, 0.15) is 25.0 Å². The number of nitrogens with one attached hydrogen (secondary N) is 1. The Morgan fingerprint density at radius 1 is 1.10 bits per heavy atom. The highest BCUT2D eigenvalue weighted by Crippen LogP contribution is 2.29. The summed E-state index contributed by atoms with van der Waals surface area (Å²) in [5.74, 6) is 0.182. The molecule has 0 spiro atoms. The van der Waals surface area contributed by atoms with Crippen molar-refractivity contribution in [2.75, 3.05) is 13.7 Å². The monoisotopic (exact) mass is 417 g/mol. The lowest BCUT2D eigenvalue weighted by atomic mass is 10.2. The zero-order valence-corrected chi connectivity index (χ0v) is 17.4. The molecule has 6 nitrogen and oxygen atoms in total. The summed E-state index contributed by atoms with van der Waals surface area (Å²) in [7, 11) is 1.55. The van der Waals surface area contributed by atoms with Crippen LogP contribution >= 0.6 is 11.6 Å². The van der Waals surface area contributed by atoms with Crippen LogP contribution in [0.15, 0.2) is 48.5 Å². The minimum Gasteiger partial charge on any atom is -0.493 e. The van der Waals surface area contributed by atoms with E-state index in [1.807, 2.05) is 26.0 Å². The number of hydrogen-bond donors (Lipinski definition) is 1. The number of ether oxygens (including phenoxy) is 3. The first kappa shape index (κ1) is 22.3. The van der Waals surface area contributed by atoms with Crippen molar-refractivity contribution in [2.45, 2.75) is 26.5 Å². The van der Waals surface area contributed by atoms with Gasteiger partial charge in [0.15, 0.2) is 18.1 Å². The molecule has 0 saturated carbocycles. The van der Waals surface area contributed by atoms with Gasteiger partial charge in [0.05, 0.1) is 13.2 Å². The molecule has 0 bridgehead atoms. The maximum Gasteiger partial charge on any atom is 0.331 e. The van der Waals surface area contributed by atoms with Gasteiger partial charge < -0.3 is 19.5 Å². The van der Waals surface area contributed by atoms with Crippen molar-refractivity contribution in [3.63, 3.8) is 0 Å². The normalized spacial score (nSPS) is 10.8. The summed E-state index contributed by atoms with van der Waals surface area (Å²) >= 11 is 5.81. The molecule has 1 N–H and O–H groups in total. The molecule has 0 atom stereocenters. The van der Waals surface area contributed by atoms with Gasteiger partial charge in [0.25, 0.3) is 5.91 Å². The predicted molar refractivity (Wildman–Crippen MR) is 112 cm³/mol. The fraction of sp³-hybridized carbons (Fsp3) is 0.273. The molecule has 0 aliphatic carbocycles. The summed E-state index contributed by atoms with van der Waals surface area (Å²) in [6.07, 6.45) is 2.85. The third-order valence-corrected chi connectivity index (χ3v) is 3.96. The van der Waals surface area contributed by atoms with E-state index in [9.17, 15) is 9.59 Å². The molecular weight excluding hydrogens is 394 g/mol. The van der Waals surface area contributed by atoms with E-state index in [0.717, 1.165) is 11.1 Å². The van der Waals surface area contributed by atoms with Crippen molar-refractivity contribution < 1.29 is 23.8 Å². The van der Waals surface area contributed by atoms with Gasteiger partial charge in [-0.25, -0.2) is 4.79 Å². The number of methoxy groups -OCH3 is 1. The van der Waals surface area contributed by atoms with Crippen LogP contribution in [0.4, 0.5) is 0 Å². The molecule has 154 valence electrons. The Morgan fingerprint density at radius 3 is 2.48 bits per heavy atom. The number of carbonyl (C=O) groups excluding carboxylic acids is 2. The highest BCUT2D eigenvalue weighted by molar-refractivity contribution is 6.30. The lowest BCUT2D eigenvalue weighted by Gasteiger charge is -2.13. The molecule has 0 aliphatic heterocycles. The Labute approximate surface area is 175 Å². The lowest BCUT2D eigenvalue weighted by Crippen LogP contribution is -2.28. The van der Waals surface area contributed by atoms with E-state index < -0.39 is 11.9 Å². The van der Waals surface area contributed by atoms with Crippen molar-refractivity contribution >= 4 is 29.6 Å². The van der Waals surface area contributed by atoms with Gasteiger partial charge in [-0.2, -0.15) is 0 Å². The van der Waals surface area contributed by atoms with Gasteiger partial charge in [-0.1, -0.05) is 29.8 Å². The van der Waals surface area contributed by atoms with Crippen molar-refractivity contribution in [1.29, 1.82) is 0 Å². The van der Waals surface area contributed by atoms with Crippen LogP contribution in [0.2, 0.25) is 5.02 Å². The van der Waals surface area contributed by atoms with Crippen molar-refractivity contribution in [3.8, 4) is 11.5 Å². The van der Waals surface area contributed by atoms with Crippen LogP contribution in [0, 0.1) is 0 Å². The van der Waals surface area contributed by atoms with Gasteiger partial charge in [0.1, 0.15) is 0 Å². The van der Waals surface area contributed by atoms with E-state index in [-0.39, 0.29) is 12.7 Å². The molecule has 7 heteroatoms. The zero-order valence-electron chi connectivity index (χ0n) is 16.6. The third-order valence-electron chi connectivity index (χ3n) is 3.71. The SMILES string of the molecule is COc1cc(/C=C/C(=O)OCC(=O)NCc2ccc(Cl)cc2)ccc1OC(C)C. The number of hydrogen-bond acceptors (Lipinski definition) is 5. The minimum atomic E-state index is -0.617. The highest BCUT2D eigenvalue weighted by atomic mass is 35.5. The summed E-state index contributed by atoms with van der Waals surface area (Å²) in [6.45, 7) is 3.82. The van der Waals surface area contributed by atoms with Crippen LogP contribution in [0.3, 0.4) is 0 Å². The predicted octanol–water partition coefficient (Wildman–Crippen LogP) is 4.01. The zero-order chi connectivity index (χ0) is 21.2. The van der Waals surface area contributed by atoms with Crippen molar-refractivity contribution in [3.05, 3.63) is 64.7 Å². The standard InChI is InChI=1S/C22H24ClNO5/c1-15(2)29-19-10-6-16(12-20(19)27-3)7-11-22(26)28-14-21(25)24-13-17-4-8-18(23)9-5-17/h4-12,15H,13-14H2,1-3H3,(H,24,25)/b11-7+. The molecule has 29 heavy (non-hydrogen) atoms. The summed E-state index contributed by atoms with van der Waals surface area (Å²) in [4.78, 5) is 23.6. The number of benzene rings is 2. The van der Waals surface area contributed by atoms with Gasteiger partial charge in [0.2, 0.25) is 0 Å². The molecule has 0 aromatic heterocycles. The molecule has 0 saturated heterocycles. The van der Waals surface area contributed by atoms with E-state index in [4.69, 9.17) is 25.8 Å². The molecule has 1 amide bonds. The van der Waals surface area contributed by atoms with E-state index in [1.54, 1.807) is 43.5 Å². The number of carbonyl (C=O) groups is 2. The van der Waals surface area contributed by atoms with Crippen LogP contribution in [-0.4, -0.2) is 31.7 Å². The van der Waals surface area contributed by atoms with Gasteiger partial charge >= 0.3 is 5.97 Å². The maximum absolute atomic E-state index is 11.8. The number of rotatable bonds is 9. The second-order valence-corrected chi connectivity index (χ2v) is 6.86. The quantitative estimate of drug-likeness (QED) is 0.493. The smallest absolute Gasteiger partial charge is 0.331 e. The molecule has 0 heterocycles. The number of halogens is 1. The molecular formula is C22H24ClNO5. The Hall–Kier alpha value is -2.99. The molecule has 2 rings (SSSR count). The molecule has 2 aromatic rings. The van der Waals surface area contributed by atoms with Crippen molar-refractivity contribution in [2.24, 2.45) is 0 Å². The first-order valence-electron chi connectivity index (χ1n) is 9.08. The molecule has 0 aliphatic rings. The molecule has 2 aromatic carbocycles. The minimum absolute atomic E-state index is 0.0195. The van der Waals surface area contributed by atoms with E-state index in [0.29, 0.717) is 23.1 Å². The first-order chi connectivity index (χ1) is 13.9.